The third-order valence-electron chi connectivity index (χ3n) is 8.39. The highest BCUT2D eigenvalue weighted by Gasteiger charge is 2.57. The number of nitrogens with zero attached hydrogens (tertiary/aromatic N) is 2. The molecule has 3 heterocycles. The van der Waals surface area contributed by atoms with Gasteiger partial charge in [-0.2, -0.15) is 34.8 Å². The van der Waals surface area contributed by atoms with Crippen LogP contribution in [0, 0.1) is 5.82 Å². The molecule has 2 aromatic carbocycles. The van der Waals surface area contributed by atoms with Crippen LogP contribution in [0.3, 0.4) is 0 Å². The first-order chi connectivity index (χ1) is 22.5. The number of fused-ring (bicyclic) bond motifs is 3. The SMILES string of the molecule is CC(C)(N)C(=O)NC(Cc1c[nH]c2ccccc12)C(=O)N1CCC2(CC1)CN(S(=O)(=O)C(F)(F)F)c1ccc(F)cc12.O=C(O)C(F)(F)F. The van der Waals surface area contributed by atoms with Gasteiger partial charge in [-0.05, 0) is 62.1 Å². The lowest BCUT2D eigenvalue weighted by molar-refractivity contribution is -0.192. The Bertz CT molecular complexity index is 1850. The van der Waals surface area contributed by atoms with Crippen molar-refractivity contribution in [2.45, 2.75) is 61.8 Å². The van der Waals surface area contributed by atoms with Crippen LogP contribution in [0.15, 0.2) is 48.7 Å². The van der Waals surface area contributed by atoms with Gasteiger partial charge < -0.3 is 26.0 Å². The topological polar surface area (TPSA) is 166 Å². The number of nitrogens with one attached hydrogen (secondary N) is 2. The van der Waals surface area contributed by atoms with Gasteiger partial charge in [-0.1, -0.05) is 18.2 Å². The van der Waals surface area contributed by atoms with Gasteiger partial charge in [0.05, 0.1) is 11.2 Å². The molecule has 5 rings (SSSR count). The zero-order valence-electron chi connectivity index (χ0n) is 26.0. The Kier molecular flexibility index (Phi) is 10.0. The van der Waals surface area contributed by atoms with Crippen molar-refractivity contribution in [3.05, 3.63) is 65.6 Å². The number of carboxylic acids is 1. The molecule has 2 aliphatic heterocycles. The lowest BCUT2D eigenvalue weighted by Crippen LogP contribution is -2.58. The number of carboxylic acid groups (broad SMARTS) is 1. The molecule has 1 spiro atoms. The van der Waals surface area contributed by atoms with Crippen LogP contribution < -0.4 is 15.4 Å². The Hall–Kier alpha value is -4.39. The van der Waals surface area contributed by atoms with Crippen LogP contribution in [0.25, 0.3) is 10.9 Å². The van der Waals surface area contributed by atoms with Gasteiger partial charge in [0, 0.05) is 48.6 Å². The number of H-pyrrole nitrogens is 1. The van der Waals surface area contributed by atoms with Gasteiger partial charge in [0.1, 0.15) is 11.9 Å². The first-order valence-electron chi connectivity index (χ1n) is 14.6. The Balaban J connectivity index is 0.000000698. The molecule has 0 radical (unpaired) electrons. The van der Waals surface area contributed by atoms with Gasteiger partial charge in [-0.25, -0.2) is 9.18 Å². The quantitative estimate of drug-likeness (QED) is 0.280. The molecule has 3 aromatic rings. The lowest BCUT2D eigenvalue weighted by atomic mass is 9.74. The van der Waals surface area contributed by atoms with E-state index in [1.807, 2.05) is 24.3 Å². The second-order valence-corrected chi connectivity index (χ2v) is 14.2. The Labute approximate surface area is 275 Å². The molecule has 0 bridgehead atoms. The average molecular weight is 724 g/mol. The fourth-order valence-electron chi connectivity index (χ4n) is 5.80. The number of nitrogens with two attached hydrogens (primary N) is 1. The van der Waals surface area contributed by atoms with Crippen LogP contribution in [0.1, 0.15) is 37.8 Å². The number of aromatic nitrogens is 1. The summed E-state index contributed by atoms with van der Waals surface area (Å²) < 4.78 is 112. The van der Waals surface area contributed by atoms with Crippen LogP contribution in [0.2, 0.25) is 0 Å². The summed E-state index contributed by atoms with van der Waals surface area (Å²) in [5, 5.41) is 10.8. The van der Waals surface area contributed by atoms with E-state index in [2.05, 4.69) is 10.3 Å². The van der Waals surface area contributed by atoms with E-state index in [1.165, 1.54) is 18.7 Å². The Morgan fingerprint density at radius 2 is 1.63 bits per heavy atom. The zero-order chi connectivity index (χ0) is 36.7. The number of hydrogen-bond donors (Lipinski definition) is 4. The van der Waals surface area contributed by atoms with Crippen molar-refractivity contribution in [3.8, 4) is 0 Å². The largest absolute Gasteiger partial charge is 0.516 e. The number of anilines is 1. The molecule has 19 heteroatoms. The molecule has 2 amide bonds. The summed E-state index contributed by atoms with van der Waals surface area (Å²) in [4.78, 5) is 40.2. The standard InChI is InChI=1S/C28H31F4N5O4S.C2HF3O2/c1-26(2,33)25(39)35-22(13-17-15-34-21-6-4-3-5-19(17)21)24(38)36-11-9-27(10-12-36)16-37(42(40,41)28(30,31)32)23-8-7-18(29)14-20(23)27;3-2(4,5)1(6)7/h3-8,14-15,22,34H,9-13,16,33H2,1-2H3,(H,35,39);(H,6,7). The van der Waals surface area contributed by atoms with Crippen molar-refractivity contribution in [1.29, 1.82) is 0 Å². The van der Waals surface area contributed by atoms with Gasteiger partial charge in [0.2, 0.25) is 11.8 Å². The number of rotatable bonds is 6. The molecule has 49 heavy (non-hydrogen) atoms. The number of aliphatic carboxylic acids is 1. The normalized spacial score (nSPS) is 16.9. The number of amides is 2. The Morgan fingerprint density at radius 3 is 2.18 bits per heavy atom. The minimum Gasteiger partial charge on any atom is -0.475 e. The van der Waals surface area contributed by atoms with Crippen LogP contribution in [0.4, 0.5) is 36.4 Å². The van der Waals surface area contributed by atoms with Gasteiger partial charge >= 0.3 is 27.7 Å². The maximum Gasteiger partial charge on any atom is 0.516 e. The number of carbonyl (C=O) groups excluding carboxylic acids is 2. The first kappa shape index (κ1) is 37.4. The van der Waals surface area contributed by atoms with E-state index in [-0.39, 0.29) is 43.6 Å². The summed E-state index contributed by atoms with van der Waals surface area (Å²) in [6.07, 6.45) is -2.99. The van der Waals surface area contributed by atoms with Crippen LogP contribution in [0.5, 0.6) is 0 Å². The van der Waals surface area contributed by atoms with E-state index in [9.17, 15) is 48.7 Å². The number of benzene rings is 2. The number of sulfonamides is 1. The number of carbonyl (C=O) groups is 3. The summed E-state index contributed by atoms with van der Waals surface area (Å²) in [5.74, 6) is -4.41. The third kappa shape index (κ3) is 7.76. The van der Waals surface area contributed by atoms with E-state index >= 15 is 0 Å². The summed E-state index contributed by atoms with van der Waals surface area (Å²) in [5.41, 5.74) is -0.359. The molecule has 0 aliphatic carbocycles. The average Bonchev–Trinajstić information content (AvgIpc) is 3.54. The van der Waals surface area contributed by atoms with E-state index in [4.69, 9.17) is 15.6 Å². The molecule has 1 saturated heterocycles. The number of alkyl halides is 6. The summed E-state index contributed by atoms with van der Waals surface area (Å²) >= 11 is 0. The van der Waals surface area contributed by atoms with Gasteiger partial charge in [-0.3, -0.25) is 13.9 Å². The maximum absolute atomic E-state index is 14.3. The van der Waals surface area contributed by atoms with Crippen molar-refractivity contribution in [1.82, 2.24) is 15.2 Å². The Morgan fingerprint density at radius 1 is 1.04 bits per heavy atom. The molecule has 1 atom stereocenters. The van der Waals surface area contributed by atoms with E-state index in [0.29, 0.717) is 4.31 Å². The van der Waals surface area contributed by atoms with Gasteiger partial charge in [0.15, 0.2) is 0 Å². The molecular weight excluding hydrogens is 691 g/mol. The van der Waals surface area contributed by atoms with Gasteiger partial charge in [-0.15, -0.1) is 0 Å². The van der Waals surface area contributed by atoms with Crippen molar-refractivity contribution in [2.75, 3.05) is 23.9 Å². The molecule has 268 valence electrons. The smallest absolute Gasteiger partial charge is 0.475 e. The number of aromatic amines is 1. The molecule has 5 N–H and O–H groups in total. The van der Waals surface area contributed by atoms with Crippen molar-refractivity contribution in [3.63, 3.8) is 0 Å². The van der Waals surface area contributed by atoms with Crippen LogP contribution in [-0.2, 0) is 36.2 Å². The zero-order valence-corrected chi connectivity index (χ0v) is 26.8. The number of piperidine rings is 1. The number of hydrogen-bond acceptors (Lipinski definition) is 6. The highest BCUT2D eigenvalue weighted by atomic mass is 32.2. The molecule has 1 fully saturated rings. The van der Waals surface area contributed by atoms with Crippen molar-refractivity contribution >= 4 is 44.4 Å². The molecule has 0 saturated carbocycles. The van der Waals surface area contributed by atoms with Gasteiger partial charge in [0.25, 0.3) is 0 Å². The van der Waals surface area contributed by atoms with Crippen molar-refractivity contribution in [2.24, 2.45) is 5.73 Å². The monoisotopic (exact) mass is 723 g/mol. The first-order valence-corrected chi connectivity index (χ1v) is 16.0. The van der Waals surface area contributed by atoms with Crippen LogP contribution >= 0.6 is 0 Å². The summed E-state index contributed by atoms with van der Waals surface area (Å²) in [6, 6.07) is 9.53. The minimum absolute atomic E-state index is 0.0565. The molecule has 1 aromatic heterocycles. The van der Waals surface area contributed by atoms with E-state index < -0.39 is 68.8 Å². The van der Waals surface area contributed by atoms with E-state index in [1.54, 1.807) is 6.20 Å². The molecule has 11 nitrogen and oxygen atoms in total. The highest BCUT2D eigenvalue weighted by Crippen LogP contribution is 2.50. The predicted octanol–water partition coefficient (Wildman–Crippen LogP) is 3.93. The minimum atomic E-state index is -5.73. The third-order valence-corrected chi connectivity index (χ3v) is 9.88. The predicted molar refractivity (Wildman–Crippen MR) is 162 cm³/mol. The number of likely N-dealkylation sites (tertiary alicyclic amines) is 1. The molecule has 2 aliphatic rings. The molecular formula is C30H32F7N5O6S. The fourth-order valence-corrected chi connectivity index (χ4v) is 6.89. The maximum atomic E-state index is 14.3. The second-order valence-electron chi connectivity index (χ2n) is 12.3. The fraction of sp³-hybridized carbons (Fsp3) is 0.433. The second kappa shape index (κ2) is 13.1. The number of para-hydroxylation sites is 1. The van der Waals surface area contributed by atoms with Crippen LogP contribution in [-0.4, -0.2) is 84.1 Å². The molecule has 1 unspecified atom stereocenters. The lowest BCUT2D eigenvalue weighted by Gasteiger charge is -2.41. The van der Waals surface area contributed by atoms with Crippen molar-refractivity contribution < 1.29 is 58.6 Å². The van der Waals surface area contributed by atoms with E-state index in [0.717, 1.165) is 34.7 Å². The highest BCUT2D eigenvalue weighted by molar-refractivity contribution is 7.93. The summed E-state index contributed by atoms with van der Waals surface area (Å²) in [6.45, 7) is 2.61. The summed E-state index contributed by atoms with van der Waals surface area (Å²) in [7, 11) is -5.73. The number of halogens is 7.